The van der Waals surface area contributed by atoms with Crippen molar-refractivity contribution in [2.24, 2.45) is 5.16 Å². The molecule has 4 heteroatoms. The first-order chi connectivity index (χ1) is 10.9. The van der Waals surface area contributed by atoms with E-state index in [0.717, 1.165) is 34.4 Å². The van der Waals surface area contributed by atoms with Gasteiger partial charge in [-0.1, -0.05) is 35.5 Å². The molecule has 0 amide bonds. The summed E-state index contributed by atoms with van der Waals surface area (Å²) in [5.41, 5.74) is 3.11. The quantitative estimate of drug-likeness (QED) is 0.697. The van der Waals surface area contributed by atoms with Gasteiger partial charge in [-0.2, -0.15) is 0 Å². The SMILES string of the molecule is COc1c(C2=NOC(c3ccccc3)C2)ccc2sccc12. The average Bonchev–Trinajstić information content (AvgIpc) is 3.23. The molecule has 2 aromatic carbocycles. The van der Waals surface area contributed by atoms with E-state index in [9.17, 15) is 0 Å². The molecule has 0 fully saturated rings. The van der Waals surface area contributed by atoms with Crippen molar-refractivity contribution in [3.8, 4) is 5.75 Å². The Bertz CT molecular complexity index is 839. The van der Waals surface area contributed by atoms with E-state index in [1.165, 1.54) is 4.70 Å². The molecule has 2 heterocycles. The molecule has 3 nitrogen and oxygen atoms in total. The summed E-state index contributed by atoms with van der Waals surface area (Å²) < 4.78 is 6.86. The lowest BCUT2D eigenvalue weighted by molar-refractivity contribution is 0.0857. The third-order valence-electron chi connectivity index (χ3n) is 3.94. The number of fused-ring (bicyclic) bond motifs is 1. The minimum Gasteiger partial charge on any atom is -0.495 e. The Morgan fingerprint density at radius 1 is 1.14 bits per heavy atom. The van der Waals surface area contributed by atoms with Crippen molar-refractivity contribution in [1.29, 1.82) is 0 Å². The number of thiophene rings is 1. The highest BCUT2D eigenvalue weighted by molar-refractivity contribution is 7.17. The van der Waals surface area contributed by atoms with Gasteiger partial charge in [-0.15, -0.1) is 11.3 Å². The number of benzene rings is 2. The van der Waals surface area contributed by atoms with Crippen LogP contribution in [0, 0.1) is 0 Å². The third kappa shape index (κ3) is 2.16. The maximum atomic E-state index is 5.64. The van der Waals surface area contributed by atoms with Gasteiger partial charge in [-0.3, -0.25) is 0 Å². The van der Waals surface area contributed by atoms with Crippen molar-refractivity contribution in [2.75, 3.05) is 7.11 Å². The zero-order valence-corrected chi connectivity index (χ0v) is 13.0. The third-order valence-corrected chi connectivity index (χ3v) is 4.82. The molecular weight excluding hydrogens is 294 g/mol. The van der Waals surface area contributed by atoms with E-state index in [1.54, 1.807) is 18.4 Å². The summed E-state index contributed by atoms with van der Waals surface area (Å²) in [4.78, 5) is 5.63. The highest BCUT2D eigenvalue weighted by atomic mass is 32.1. The van der Waals surface area contributed by atoms with Crippen molar-refractivity contribution >= 4 is 27.1 Å². The molecule has 1 aromatic heterocycles. The Kier molecular flexibility index (Phi) is 3.31. The fraction of sp³-hybridized carbons (Fsp3) is 0.167. The monoisotopic (exact) mass is 309 g/mol. The summed E-state index contributed by atoms with van der Waals surface area (Å²) in [6.07, 6.45) is 0.745. The van der Waals surface area contributed by atoms with E-state index in [2.05, 4.69) is 40.9 Å². The van der Waals surface area contributed by atoms with E-state index in [1.807, 2.05) is 18.2 Å². The number of hydrogen-bond donors (Lipinski definition) is 0. The van der Waals surface area contributed by atoms with Crippen LogP contribution in [0.4, 0.5) is 0 Å². The van der Waals surface area contributed by atoms with Crippen LogP contribution in [0.3, 0.4) is 0 Å². The number of methoxy groups -OCH3 is 1. The predicted molar refractivity (Wildman–Crippen MR) is 89.8 cm³/mol. The molecule has 0 aliphatic carbocycles. The first-order valence-corrected chi connectivity index (χ1v) is 8.07. The van der Waals surface area contributed by atoms with E-state index in [-0.39, 0.29) is 6.10 Å². The Balaban J connectivity index is 1.69. The second-order valence-corrected chi connectivity index (χ2v) is 6.17. The second kappa shape index (κ2) is 5.46. The van der Waals surface area contributed by atoms with Gasteiger partial charge in [-0.25, -0.2) is 0 Å². The van der Waals surface area contributed by atoms with Crippen LogP contribution in [0.2, 0.25) is 0 Å². The van der Waals surface area contributed by atoms with Crippen LogP contribution in [0.15, 0.2) is 59.1 Å². The van der Waals surface area contributed by atoms with E-state index >= 15 is 0 Å². The fourth-order valence-corrected chi connectivity index (χ4v) is 3.63. The Hall–Kier alpha value is -2.33. The van der Waals surface area contributed by atoms with Gasteiger partial charge in [0.1, 0.15) is 5.75 Å². The number of hydrogen-bond acceptors (Lipinski definition) is 4. The summed E-state index contributed by atoms with van der Waals surface area (Å²) in [5.74, 6) is 0.884. The molecule has 0 saturated carbocycles. The van der Waals surface area contributed by atoms with Crippen LogP contribution in [0.5, 0.6) is 5.75 Å². The van der Waals surface area contributed by atoms with Gasteiger partial charge in [-0.05, 0) is 29.1 Å². The highest BCUT2D eigenvalue weighted by Crippen LogP contribution is 2.37. The number of nitrogens with zero attached hydrogens (tertiary/aromatic N) is 1. The van der Waals surface area contributed by atoms with E-state index < -0.39 is 0 Å². The molecule has 1 aliphatic rings. The fourth-order valence-electron chi connectivity index (χ4n) is 2.85. The normalized spacial score (nSPS) is 17.3. The zero-order chi connectivity index (χ0) is 14.9. The van der Waals surface area contributed by atoms with Gasteiger partial charge in [0.25, 0.3) is 0 Å². The molecule has 0 saturated heterocycles. The summed E-state index contributed by atoms with van der Waals surface area (Å²) in [5, 5.41) is 7.52. The first-order valence-electron chi connectivity index (χ1n) is 7.19. The Labute approximate surface area is 132 Å². The molecule has 0 N–H and O–H groups in total. The minimum absolute atomic E-state index is 0.0147. The van der Waals surface area contributed by atoms with Crippen LogP contribution in [-0.2, 0) is 4.84 Å². The van der Waals surface area contributed by atoms with Crippen LogP contribution < -0.4 is 4.74 Å². The van der Waals surface area contributed by atoms with Gasteiger partial charge in [0, 0.05) is 22.1 Å². The van der Waals surface area contributed by atoms with Gasteiger partial charge >= 0.3 is 0 Å². The lowest BCUT2D eigenvalue weighted by Gasteiger charge is -2.10. The lowest BCUT2D eigenvalue weighted by atomic mass is 9.99. The van der Waals surface area contributed by atoms with E-state index in [4.69, 9.17) is 9.57 Å². The highest BCUT2D eigenvalue weighted by Gasteiger charge is 2.26. The van der Waals surface area contributed by atoms with Gasteiger partial charge < -0.3 is 9.57 Å². The standard InChI is InChI=1S/C18H15NO2S/c1-20-18-13(7-8-17-14(18)9-10-22-17)15-11-16(21-19-15)12-5-3-2-4-6-12/h2-10,16H,11H2,1H3. The molecule has 0 spiro atoms. The van der Waals surface area contributed by atoms with Crippen LogP contribution >= 0.6 is 11.3 Å². The van der Waals surface area contributed by atoms with Crippen LogP contribution in [0.1, 0.15) is 23.7 Å². The van der Waals surface area contributed by atoms with Crippen molar-refractivity contribution in [3.63, 3.8) is 0 Å². The molecule has 4 rings (SSSR count). The molecule has 0 bridgehead atoms. The summed E-state index contributed by atoms with van der Waals surface area (Å²) in [7, 11) is 1.71. The molecule has 22 heavy (non-hydrogen) atoms. The maximum Gasteiger partial charge on any atom is 0.158 e. The minimum atomic E-state index is -0.0147. The molecule has 0 radical (unpaired) electrons. The van der Waals surface area contributed by atoms with Crippen molar-refractivity contribution in [2.45, 2.75) is 12.5 Å². The number of ether oxygens (including phenoxy) is 1. The molecule has 1 atom stereocenters. The van der Waals surface area contributed by atoms with Crippen molar-refractivity contribution in [3.05, 3.63) is 65.0 Å². The number of rotatable bonds is 3. The molecular formula is C18H15NO2S. The molecule has 1 unspecified atom stereocenters. The summed E-state index contributed by atoms with van der Waals surface area (Å²) in [6.45, 7) is 0. The zero-order valence-electron chi connectivity index (χ0n) is 12.2. The van der Waals surface area contributed by atoms with Crippen molar-refractivity contribution in [1.82, 2.24) is 0 Å². The van der Waals surface area contributed by atoms with Gasteiger partial charge in [0.05, 0.1) is 12.8 Å². The van der Waals surface area contributed by atoms with Crippen LogP contribution in [0.25, 0.3) is 10.1 Å². The Morgan fingerprint density at radius 2 is 2.00 bits per heavy atom. The van der Waals surface area contributed by atoms with Gasteiger partial charge in [0.2, 0.25) is 0 Å². The second-order valence-electron chi connectivity index (χ2n) is 5.23. The summed E-state index contributed by atoms with van der Waals surface area (Å²) >= 11 is 1.71. The summed E-state index contributed by atoms with van der Waals surface area (Å²) in [6, 6.07) is 16.5. The average molecular weight is 309 g/mol. The largest absolute Gasteiger partial charge is 0.495 e. The van der Waals surface area contributed by atoms with E-state index in [0.29, 0.717) is 0 Å². The predicted octanol–water partition coefficient (Wildman–Crippen LogP) is 4.78. The smallest absolute Gasteiger partial charge is 0.158 e. The lowest BCUT2D eigenvalue weighted by Crippen LogP contribution is -2.03. The topological polar surface area (TPSA) is 30.8 Å². The molecule has 110 valence electrons. The van der Waals surface area contributed by atoms with Crippen LogP contribution in [-0.4, -0.2) is 12.8 Å². The first kappa shape index (κ1) is 13.3. The molecule has 3 aromatic rings. The maximum absolute atomic E-state index is 5.64. The molecule has 1 aliphatic heterocycles. The van der Waals surface area contributed by atoms with Crippen molar-refractivity contribution < 1.29 is 9.57 Å². The van der Waals surface area contributed by atoms with Gasteiger partial charge in [0.15, 0.2) is 6.10 Å². The Morgan fingerprint density at radius 3 is 2.82 bits per heavy atom. The number of oxime groups is 1.